The number of benzene rings is 1. The largest absolute Gasteiger partial charge is 0.356 e. The van der Waals surface area contributed by atoms with Gasteiger partial charge in [-0.3, -0.25) is 14.7 Å². The highest BCUT2D eigenvalue weighted by Gasteiger charge is 2.18. The van der Waals surface area contributed by atoms with E-state index in [1.807, 2.05) is 4.90 Å². The molecule has 1 aromatic rings. The Bertz CT molecular complexity index is 640. The summed E-state index contributed by atoms with van der Waals surface area (Å²) in [5.74, 6) is 1.02. The Labute approximate surface area is 170 Å². The summed E-state index contributed by atoms with van der Waals surface area (Å²) >= 11 is 0. The van der Waals surface area contributed by atoms with Crippen LogP contribution in [0, 0.1) is 0 Å². The van der Waals surface area contributed by atoms with Gasteiger partial charge in [-0.15, -0.1) is 0 Å². The van der Waals surface area contributed by atoms with E-state index >= 15 is 0 Å². The minimum absolute atomic E-state index is 0.176. The van der Waals surface area contributed by atoms with Crippen molar-refractivity contribution in [1.29, 1.82) is 0 Å². The Morgan fingerprint density at radius 3 is 2.18 bits per heavy atom. The molecule has 1 heterocycles. The van der Waals surface area contributed by atoms with E-state index in [1.165, 1.54) is 11.1 Å². The van der Waals surface area contributed by atoms with E-state index in [0.29, 0.717) is 0 Å². The molecule has 2 rings (SSSR count). The van der Waals surface area contributed by atoms with Gasteiger partial charge in [0.25, 0.3) is 0 Å². The molecule has 0 unspecified atom stereocenters. The summed E-state index contributed by atoms with van der Waals surface area (Å²) in [5, 5.41) is 6.77. The molecule has 0 radical (unpaired) electrons. The van der Waals surface area contributed by atoms with Crippen LogP contribution in [0.15, 0.2) is 29.3 Å². The number of carbonyl (C=O) groups excluding carboxylic acids is 1. The van der Waals surface area contributed by atoms with Gasteiger partial charge in [0.1, 0.15) is 0 Å². The molecule has 2 N–H and O–H groups in total. The first kappa shape index (κ1) is 22.2. The predicted octanol–water partition coefficient (Wildman–Crippen LogP) is 1.86. The first-order valence-corrected chi connectivity index (χ1v) is 10.3. The lowest BCUT2D eigenvalue weighted by Crippen LogP contribution is -2.50. The summed E-state index contributed by atoms with van der Waals surface area (Å²) < 4.78 is 0. The molecule has 1 fully saturated rings. The monoisotopic (exact) mass is 387 g/mol. The lowest BCUT2D eigenvalue weighted by atomic mass is 9.86. The van der Waals surface area contributed by atoms with Crippen LogP contribution in [0.5, 0.6) is 0 Å². The van der Waals surface area contributed by atoms with Gasteiger partial charge in [-0.2, -0.15) is 0 Å². The van der Waals surface area contributed by atoms with Gasteiger partial charge in [0.2, 0.25) is 5.91 Å². The zero-order valence-corrected chi connectivity index (χ0v) is 18.2. The van der Waals surface area contributed by atoms with Crippen molar-refractivity contribution in [1.82, 2.24) is 20.4 Å². The van der Waals surface area contributed by atoms with E-state index in [4.69, 9.17) is 0 Å². The Balaban J connectivity index is 1.64. The molecule has 6 heteroatoms. The SMILES string of the molecule is CN=C(NCCc1ccc(C(C)(C)C)cc1)NCCN1CCN(C(C)=O)CC1. The Morgan fingerprint density at radius 1 is 1.04 bits per heavy atom. The quantitative estimate of drug-likeness (QED) is 0.578. The molecule has 0 atom stereocenters. The maximum atomic E-state index is 11.4. The molecule has 28 heavy (non-hydrogen) atoms. The third-order valence-corrected chi connectivity index (χ3v) is 5.29. The fourth-order valence-corrected chi connectivity index (χ4v) is 3.34. The number of carbonyl (C=O) groups is 1. The second-order valence-electron chi connectivity index (χ2n) is 8.47. The van der Waals surface area contributed by atoms with Crippen LogP contribution in [-0.2, 0) is 16.6 Å². The van der Waals surface area contributed by atoms with Crippen LogP contribution < -0.4 is 10.6 Å². The summed E-state index contributed by atoms with van der Waals surface area (Å²) in [6.45, 7) is 14.6. The predicted molar refractivity (Wildman–Crippen MR) is 117 cm³/mol. The molecule has 1 aliphatic rings. The number of nitrogens with zero attached hydrogens (tertiary/aromatic N) is 3. The zero-order chi connectivity index (χ0) is 20.6. The topological polar surface area (TPSA) is 60.0 Å². The second-order valence-corrected chi connectivity index (χ2v) is 8.47. The van der Waals surface area contributed by atoms with E-state index < -0.39 is 0 Å². The van der Waals surface area contributed by atoms with Gasteiger partial charge in [-0.25, -0.2) is 0 Å². The van der Waals surface area contributed by atoms with E-state index in [9.17, 15) is 4.79 Å². The molecule has 0 aliphatic carbocycles. The Kier molecular flexibility index (Phi) is 8.30. The standard InChI is InChI=1S/C22H37N5O/c1-18(28)27-16-14-26(15-17-27)13-12-25-21(23-5)24-11-10-19-6-8-20(9-7-19)22(2,3)4/h6-9H,10-17H2,1-5H3,(H2,23,24,25). The summed E-state index contributed by atoms with van der Waals surface area (Å²) in [6, 6.07) is 8.90. The molecule has 0 bridgehead atoms. The summed E-state index contributed by atoms with van der Waals surface area (Å²) in [6.07, 6.45) is 0.970. The van der Waals surface area contributed by atoms with E-state index in [1.54, 1.807) is 14.0 Å². The highest BCUT2D eigenvalue weighted by Crippen LogP contribution is 2.22. The van der Waals surface area contributed by atoms with Crippen LogP contribution >= 0.6 is 0 Å². The van der Waals surface area contributed by atoms with Gasteiger partial charge < -0.3 is 15.5 Å². The maximum Gasteiger partial charge on any atom is 0.219 e. The lowest BCUT2D eigenvalue weighted by molar-refractivity contribution is -0.130. The summed E-state index contributed by atoms with van der Waals surface area (Å²) in [5.41, 5.74) is 2.90. The molecule has 0 aromatic heterocycles. The first-order valence-electron chi connectivity index (χ1n) is 10.3. The van der Waals surface area contributed by atoms with E-state index in [0.717, 1.165) is 58.2 Å². The molecule has 6 nitrogen and oxygen atoms in total. The molecule has 1 amide bonds. The van der Waals surface area contributed by atoms with Crippen molar-refractivity contribution in [2.75, 3.05) is 52.9 Å². The van der Waals surface area contributed by atoms with Gasteiger partial charge in [-0.1, -0.05) is 45.0 Å². The highest BCUT2D eigenvalue weighted by atomic mass is 16.2. The number of guanidine groups is 1. The molecule has 0 saturated carbocycles. The Hall–Kier alpha value is -2.08. The third-order valence-electron chi connectivity index (χ3n) is 5.29. The molecular formula is C22H37N5O. The van der Waals surface area contributed by atoms with Crippen LogP contribution in [0.25, 0.3) is 0 Å². The summed E-state index contributed by atoms with van der Waals surface area (Å²) in [4.78, 5) is 20.0. The zero-order valence-electron chi connectivity index (χ0n) is 18.2. The molecule has 1 aromatic carbocycles. The fourth-order valence-electron chi connectivity index (χ4n) is 3.34. The number of rotatable bonds is 6. The molecule has 1 saturated heterocycles. The first-order chi connectivity index (χ1) is 13.3. The van der Waals surface area contributed by atoms with Gasteiger partial charge >= 0.3 is 0 Å². The smallest absolute Gasteiger partial charge is 0.219 e. The number of nitrogens with one attached hydrogen (secondary N) is 2. The van der Waals surface area contributed by atoms with Crippen LogP contribution in [-0.4, -0.2) is 74.5 Å². The van der Waals surface area contributed by atoms with Gasteiger partial charge in [-0.05, 0) is 23.0 Å². The van der Waals surface area contributed by atoms with Crippen molar-refractivity contribution in [3.8, 4) is 0 Å². The van der Waals surface area contributed by atoms with E-state index in [2.05, 4.69) is 65.6 Å². The number of hydrogen-bond acceptors (Lipinski definition) is 3. The van der Waals surface area contributed by atoms with E-state index in [-0.39, 0.29) is 11.3 Å². The molecule has 156 valence electrons. The van der Waals surface area contributed by atoms with Crippen molar-refractivity contribution >= 4 is 11.9 Å². The van der Waals surface area contributed by atoms with Gasteiger partial charge in [0.15, 0.2) is 5.96 Å². The van der Waals surface area contributed by atoms with Crippen LogP contribution in [0.2, 0.25) is 0 Å². The number of hydrogen-bond donors (Lipinski definition) is 2. The third kappa shape index (κ3) is 7.15. The number of aliphatic imine (C=N–C) groups is 1. The fraction of sp³-hybridized carbons (Fsp3) is 0.636. The van der Waals surface area contributed by atoms with Crippen molar-refractivity contribution in [2.45, 2.75) is 39.5 Å². The average molecular weight is 388 g/mol. The van der Waals surface area contributed by atoms with Crippen LogP contribution in [0.3, 0.4) is 0 Å². The Morgan fingerprint density at radius 2 is 1.64 bits per heavy atom. The minimum Gasteiger partial charge on any atom is -0.356 e. The van der Waals surface area contributed by atoms with Crippen molar-refractivity contribution in [3.05, 3.63) is 35.4 Å². The summed E-state index contributed by atoms with van der Waals surface area (Å²) in [7, 11) is 1.80. The molecule has 1 aliphatic heterocycles. The molecular weight excluding hydrogens is 350 g/mol. The van der Waals surface area contributed by atoms with Crippen molar-refractivity contribution in [3.63, 3.8) is 0 Å². The average Bonchev–Trinajstić information content (AvgIpc) is 2.67. The van der Waals surface area contributed by atoms with Gasteiger partial charge in [0.05, 0.1) is 0 Å². The number of amides is 1. The second kappa shape index (κ2) is 10.5. The number of piperazine rings is 1. The normalized spacial score (nSPS) is 16.2. The highest BCUT2D eigenvalue weighted by molar-refractivity contribution is 5.79. The minimum atomic E-state index is 0.176. The van der Waals surface area contributed by atoms with Crippen LogP contribution in [0.4, 0.5) is 0 Å². The van der Waals surface area contributed by atoms with Crippen LogP contribution in [0.1, 0.15) is 38.8 Å². The molecule has 0 spiro atoms. The van der Waals surface area contributed by atoms with Gasteiger partial charge in [0, 0.05) is 59.8 Å². The lowest BCUT2D eigenvalue weighted by Gasteiger charge is -2.34. The van der Waals surface area contributed by atoms with Crippen molar-refractivity contribution < 1.29 is 4.79 Å². The van der Waals surface area contributed by atoms with Crippen molar-refractivity contribution in [2.24, 2.45) is 4.99 Å². The maximum absolute atomic E-state index is 11.4.